The summed E-state index contributed by atoms with van der Waals surface area (Å²) >= 11 is 1.43. The number of anilines is 1. The van der Waals surface area contributed by atoms with Crippen LogP contribution in [0.25, 0.3) is 0 Å². The molecule has 0 aromatic heterocycles. The van der Waals surface area contributed by atoms with Gasteiger partial charge in [0.25, 0.3) is 0 Å². The molecule has 78 valence electrons. The predicted octanol–water partition coefficient (Wildman–Crippen LogP) is 2.27. The molecule has 1 aromatic rings. The summed E-state index contributed by atoms with van der Waals surface area (Å²) in [5.41, 5.74) is 5.50. The van der Waals surface area contributed by atoms with Crippen LogP contribution >= 0.6 is 11.8 Å². The Hall–Kier alpha value is -0.740. The van der Waals surface area contributed by atoms with E-state index in [1.165, 1.54) is 23.9 Å². The molecule has 0 bridgehead atoms. The summed E-state index contributed by atoms with van der Waals surface area (Å²) in [5.74, 6) is -0.409. The smallest absolute Gasteiger partial charge is 0.147 e. The van der Waals surface area contributed by atoms with Crippen molar-refractivity contribution < 1.29 is 9.50 Å². The molecule has 2 unspecified atom stereocenters. The molecule has 0 radical (unpaired) electrons. The van der Waals surface area contributed by atoms with Crippen molar-refractivity contribution in [1.29, 1.82) is 0 Å². The molecule has 3 N–H and O–H groups in total. The van der Waals surface area contributed by atoms with E-state index in [0.717, 1.165) is 4.90 Å². The summed E-state index contributed by atoms with van der Waals surface area (Å²) in [6.07, 6.45) is -0.416. The third-order valence-electron chi connectivity index (χ3n) is 1.97. The summed E-state index contributed by atoms with van der Waals surface area (Å²) < 4.78 is 13.0. The van der Waals surface area contributed by atoms with E-state index in [4.69, 9.17) is 5.73 Å². The summed E-state index contributed by atoms with van der Waals surface area (Å²) in [7, 11) is 0. The molecule has 1 aromatic carbocycles. The zero-order valence-corrected chi connectivity index (χ0v) is 9.01. The first kappa shape index (κ1) is 11.3. The van der Waals surface area contributed by atoms with E-state index in [-0.39, 0.29) is 10.9 Å². The standard InChI is InChI=1S/C10H14FNOS/c1-6(13)7(2)14-8-3-4-10(12)9(11)5-8/h3-7,13H,12H2,1-2H3. The zero-order valence-electron chi connectivity index (χ0n) is 8.20. The molecular formula is C10H14FNOS. The first-order valence-corrected chi connectivity index (χ1v) is 5.28. The van der Waals surface area contributed by atoms with E-state index in [2.05, 4.69) is 0 Å². The van der Waals surface area contributed by atoms with Crippen molar-refractivity contribution >= 4 is 17.4 Å². The minimum Gasteiger partial charge on any atom is -0.396 e. The summed E-state index contributed by atoms with van der Waals surface area (Å²) in [4.78, 5) is 0.783. The number of hydrogen-bond donors (Lipinski definition) is 2. The van der Waals surface area contributed by atoms with Gasteiger partial charge in [-0.05, 0) is 25.1 Å². The Labute approximate surface area is 87.3 Å². The molecule has 0 heterocycles. The molecule has 0 spiro atoms. The van der Waals surface area contributed by atoms with Gasteiger partial charge in [-0.3, -0.25) is 0 Å². The van der Waals surface area contributed by atoms with E-state index >= 15 is 0 Å². The van der Waals surface area contributed by atoms with Crippen LogP contribution < -0.4 is 5.73 Å². The van der Waals surface area contributed by atoms with E-state index in [0.29, 0.717) is 0 Å². The third-order valence-corrected chi connectivity index (χ3v) is 3.27. The number of hydrogen-bond acceptors (Lipinski definition) is 3. The number of nitrogen functional groups attached to an aromatic ring is 1. The Balaban J connectivity index is 2.73. The maximum absolute atomic E-state index is 13.0. The van der Waals surface area contributed by atoms with Gasteiger partial charge < -0.3 is 10.8 Å². The van der Waals surface area contributed by atoms with Gasteiger partial charge in [0.05, 0.1) is 11.8 Å². The highest BCUT2D eigenvalue weighted by Gasteiger charge is 2.11. The van der Waals surface area contributed by atoms with E-state index in [1.54, 1.807) is 13.0 Å². The highest BCUT2D eigenvalue weighted by Crippen LogP contribution is 2.27. The molecule has 0 aliphatic heterocycles. The van der Waals surface area contributed by atoms with E-state index in [1.807, 2.05) is 6.92 Å². The zero-order chi connectivity index (χ0) is 10.7. The number of rotatable bonds is 3. The fourth-order valence-corrected chi connectivity index (χ4v) is 1.84. The fraction of sp³-hybridized carbons (Fsp3) is 0.400. The molecule has 2 atom stereocenters. The molecule has 2 nitrogen and oxygen atoms in total. The second-order valence-corrected chi connectivity index (χ2v) is 4.70. The van der Waals surface area contributed by atoms with Crippen molar-refractivity contribution in [3.63, 3.8) is 0 Å². The number of thioether (sulfide) groups is 1. The largest absolute Gasteiger partial charge is 0.396 e. The molecule has 0 fully saturated rings. The second kappa shape index (κ2) is 4.66. The number of benzene rings is 1. The average molecular weight is 215 g/mol. The van der Waals surface area contributed by atoms with Crippen molar-refractivity contribution in [3.8, 4) is 0 Å². The van der Waals surface area contributed by atoms with E-state index < -0.39 is 11.9 Å². The lowest BCUT2D eigenvalue weighted by atomic mass is 10.3. The molecule has 0 saturated heterocycles. The second-order valence-electron chi connectivity index (χ2n) is 3.25. The topological polar surface area (TPSA) is 46.2 Å². The van der Waals surface area contributed by atoms with Crippen LogP contribution in [-0.2, 0) is 0 Å². The maximum atomic E-state index is 13.0. The van der Waals surface area contributed by atoms with Gasteiger partial charge >= 0.3 is 0 Å². The first-order chi connectivity index (χ1) is 6.50. The third kappa shape index (κ3) is 2.89. The maximum Gasteiger partial charge on any atom is 0.147 e. The van der Waals surface area contributed by atoms with Gasteiger partial charge in [0, 0.05) is 10.1 Å². The Morgan fingerprint density at radius 1 is 1.43 bits per heavy atom. The Kier molecular flexibility index (Phi) is 3.77. The van der Waals surface area contributed by atoms with Crippen LogP contribution in [0.1, 0.15) is 13.8 Å². The van der Waals surface area contributed by atoms with Gasteiger partial charge in [0.2, 0.25) is 0 Å². The fourth-order valence-electron chi connectivity index (χ4n) is 0.894. The minimum absolute atomic E-state index is 0.0398. The number of halogens is 1. The predicted molar refractivity (Wildman–Crippen MR) is 57.8 cm³/mol. The van der Waals surface area contributed by atoms with Crippen molar-refractivity contribution in [2.24, 2.45) is 0 Å². The Bertz CT molecular complexity index is 317. The molecule has 14 heavy (non-hydrogen) atoms. The Morgan fingerprint density at radius 2 is 2.07 bits per heavy atom. The van der Waals surface area contributed by atoms with Crippen LogP contribution in [0.4, 0.5) is 10.1 Å². The molecule has 0 aliphatic carbocycles. The van der Waals surface area contributed by atoms with Crippen LogP contribution in [-0.4, -0.2) is 16.5 Å². The monoisotopic (exact) mass is 215 g/mol. The molecule has 0 aliphatic rings. The van der Waals surface area contributed by atoms with Crippen LogP contribution in [0.15, 0.2) is 23.1 Å². The highest BCUT2D eigenvalue weighted by molar-refractivity contribution is 8.00. The van der Waals surface area contributed by atoms with Crippen molar-refractivity contribution in [1.82, 2.24) is 0 Å². The van der Waals surface area contributed by atoms with Crippen LogP contribution in [0.3, 0.4) is 0 Å². The molecule has 1 rings (SSSR count). The van der Waals surface area contributed by atoms with Crippen molar-refractivity contribution in [2.45, 2.75) is 30.1 Å². The number of aliphatic hydroxyl groups is 1. The Morgan fingerprint density at radius 3 is 2.57 bits per heavy atom. The first-order valence-electron chi connectivity index (χ1n) is 4.40. The average Bonchev–Trinajstić information content (AvgIpc) is 2.11. The summed E-state index contributed by atoms with van der Waals surface area (Å²) in [6, 6.07) is 4.67. The number of nitrogens with two attached hydrogens (primary N) is 1. The lowest BCUT2D eigenvalue weighted by molar-refractivity contribution is 0.196. The lowest BCUT2D eigenvalue weighted by Crippen LogP contribution is -2.14. The number of aliphatic hydroxyl groups excluding tert-OH is 1. The molecule has 0 saturated carbocycles. The molecular weight excluding hydrogens is 201 g/mol. The summed E-state index contributed by atoms with van der Waals surface area (Å²) in [5, 5.41) is 9.31. The SMILES string of the molecule is CC(O)C(C)Sc1ccc(N)c(F)c1. The molecule has 4 heteroatoms. The minimum atomic E-state index is -0.416. The highest BCUT2D eigenvalue weighted by atomic mass is 32.2. The van der Waals surface area contributed by atoms with Gasteiger partial charge in [-0.25, -0.2) is 4.39 Å². The van der Waals surface area contributed by atoms with Crippen LogP contribution in [0.5, 0.6) is 0 Å². The van der Waals surface area contributed by atoms with Gasteiger partial charge in [0.1, 0.15) is 5.82 Å². The summed E-state index contributed by atoms with van der Waals surface area (Å²) in [6.45, 7) is 3.61. The van der Waals surface area contributed by atoms with Gasteiger partial charge in [0.15, 0.2) is 0 Å². The van der Waals surface area contributed by atoms with E-state index in [9.17, 15) is 9.50 Å². The van der Waals surface area contributed by atoms with Crippen LogP contribution in [0, 0.1) is 5.82 Å². The quantitative estimate of drug-likeness (QED) is 0.600. The van der Waals surface area contributed by atoms with Gasteiger partial charge in [-0.2, -0.15) is 0 Å². The van der Waals surface area contributed by atoms with Gasteiger partial charge in [-0.1, -0.05) is 6.92 Å². The lowest BCUT2D eigenvalue weighted by Gasteiger charge is -2.13. The molecule has 0 amide bonds. The normalized spacial score (nSPS) is 15.1. The van der Waals surface area contributed by atoms with Crippen molar-refractivity contribution in [3.05, 3.63) is 24.0 Å². The van der Waals surface area contributed by atoms with Crippen LogP contribution in [0.2, 0.25) is 0 Å². The van der Waals surface area contributed by atoms with Crippen molar-refractivity contribution in [2.75, 3.05) is 5.73 Å². The van der Waals surface area contributed by atoms with Gasteiger partial charge in [-0.15, -0.1) is 11.8 Å².